The van der Waals surface area contributed by atoms with Gasteiger partial charge in [-0.1, -0.05) is 96.1 Å². The lowest BCUT2D eigenvalue weighted by atomic mass is 9.85. The number of thiazole rings is 1. The second kappa shape index (κ2) is 17.9. The monoisotopic (exact) mass is 710 g/mol. The lowest BCUT2D eigenvalue weighted by molar-refractivity contribution is -0.132. The summed E-state index contributed by atoms with van der Waals surface area (Å²) in [5.41, 5.74) is 4.12. The Hall–Kier alpha value is -4.53. The van der Waals surface area contributed by atoms with Gasteiger partial charge in [0.05, 0.1) is 26.4 Å². The topological polar surface area (TPSA) is 171 Å². The molecule has 0 fully saturated rings. The van der Waals surface area contributed by atoms with Crippen LogP contribution in [0.2, 0.25) is 0 Å². The van der Waals surface area contributed by atoms with E-state index in [4.69, 9.17) is 9.47 Å². The van der Waals surface area contributed by atoms with Crippen molar-refractivity contribution in [2.75, 3.05) is 20.8 Å². The number of ether oxygens (including phenoxy) is 2. The molecule has 3 aromatic rings. The molecule has 13 nitrogen and oxygen atoms in total. The van der Waals surface area contributed by atoms with E-state index >= 15 is 0 Å². The lowest BCUT2D eigenvalue weighted by Crippen LogP contribution is -2.60. The number of aliphatic hydroxyl groups excluding tert-OH is 1. The van der Waals surface area contributed by atoms with Gasteiger partial charge in [0, 0.05) is 30.2 Å². The third kappa shape index (κ3) is 12.1. The van der Waals surface area contributed by atoms with Gasteiger partial charge in [0.1, 0.15) is 17.1 Å². The van der Waals surface area contributed by atoms with Gasteiger partial charge in [-0.3, -0.25) is 15.0 Å². The maximum absolute atomic E-state index is 13.8. The number of aromatic nitrogens is 1. The molecule has 0 aliphatic heterocycles. The van der Waals surface area contributed by atoms with Gasteiger partial charge in [0.2, 0.25) is 5.91 Å². The predicted octanol–water partition coefficient (Wildman–Crippen LogP) is 4.27. The molecule has 50 heavy (non-hydrogen) atoms. The van der Waals surface area contributed by atoms with Crippen LogP contribution in [0.1, 0.15) is 52.7 Å². The van der Waals surface area contributed by atoms with Crippen LogP contribution < -0.4 is 21.4 Å². The first-order chi connectivity index (χ1) is 23.5. The Morgan fingerprint density at radius 2 is 1.36 bits per heavy atom. The largest absolute Gasteiger partial charge is 0.453 e. The maximum Gasteiger partial charge on any atom is 0.407 e. The van der Waals surface area contributed by atoms with Crippen molar-refractivity contribution in [3.8, 4) is 10.6 Å². The molecule has 5 N–H and O–H groups in total. The summed E-state index contributed by atoms with van der Waals surface area (Å²) in [5.74, 6) is -1.03. The van der Waals surface area contributed by atoms with E-state index in [1.165, 1.54) is 25.6 Å². The van der Waals surface area contributed by atoms with Crippen LogP contribution >= 0.6 is 11.3 Å². The van der Waals surface area contributed by atoms with Gasteiger partial charge < -0.3 is 30.5 Å². The molecule has 0 radical (unpaired) electrons. The lowest BCUT2D eigenvalue weighted by Gasteiger charge is -2.35. The number of methoxy groups -OCH3 is 2. The summed E-state index contributed by atoms with van der Waals surface area (Å²) in [6, 6.07) is 14.2. The standard InChI is InChI=1S/C36H50N6O7S/c1-35(2,3)28(39-33(46)48-7)30(44)38-26(20-23-12-10-9-11-13-23)27(43)22-42(41-31(45)29(36(4,5)6)40-34(47)49-8)21-24-14-16-25(17-15-24)32-37-18-19-50-32/h9-19,26-29,43H,20-22H2,1-8H3,(H,38,44)(H,39,46)(H,40,47)(H,41,45)/t26-,27-,28+,29+/m0/s1. The smallest absolute Gasteiger partial charge is 0.407 e. The molecule has 0 saturated heterocycles. The number of carbonyl (C=O) groups is 4. The zero-order chi connectivity index (χ0) is 37.1. The fourth-order valence-corrected chi connectivity index (χ4v) is 5.83. The summed E-state index contributed by atoms with van der Waals surface area (Å²) in [4.78, 5) is 56.2. The minimum absolute atomic E-state index is 0.114. The van der Waals surface area contributed by atoms with Crippen LogP contribution in [0.5, 0.6) is 0 Å². The van der Waals surface area contributed by atoms with Crippen molar-refractivity contribution in [3.05, 3.63) is 77.3 Å². The van der Waals surface area contributed by atoms with Gasteiger partial charge in [-0.25, -0.2) is 19.6 Å². The first kappa shape index (κ1) is 39.9. The molecular formula is C36H50N6O7S. The number of hydrogen-bond acceptors (Lipinski definition) is 10. The van der Waals surface area contributed by atoms with Crippen LogP contribution in [0.3, 0.4) is 0 Å². The zero-order valence-electron chi connectivity index (χ0n) is 30.0. The molecule has 4 amide bonds. The van der Waals surface area contributed by atoms with E-state index in [1.54, 1.807) is 32.0 Å². The molecule has 0 unspecified atom stereocenters. The van der Waals surface area contributed by atoms with Crippen LogP contribution in [0.4, 0.5) is 9.59 Å². The second-order valence-electron chi connectivity index (χ2n) is 14.1. The number of rotatable bonds is 14. The first-order valence-electron chi connectivity index (χ1n) is 16.3. The highest BCUT2D eigenvalue weighted by atomic mass is 32.1. The molecule has 0 aliphatic carbocycles. The SMILES string of the molecule is COC(=O)N[C@H](C(=O)N[C@@H](Cc1ccccc1)[C@@H](O)CN(Cc1ccc(-c2nccs2)cc1)NC(=O)[C@@H](NC(=O)OC)C(C)(C)C)C(C)(C)C. The van der Waals surface area contributed by atoms with Gasteiger partial charge in [0.25, 0.3) is 5.91 Å². The highest BCUT2D eigenvalue weighted by Crippen LogP contribution is 2.24. The third-order valence-corrected chi connectivity index (χ3v) is 8.75. The van der Waals surface area contributed by atoms with Gasteiger partial charge in [-0.15, -0.1) is 11.3 Å². The normalized spacial score (nSPS) is 14.1. The van der Waals surface area contributed by atoms with Crippen LogP contribution in [0.15, 0.2) is 66.2 Å². The molecular weight excluding hydrogens is 660 g/mol. The van der Waals surface area contributed by atoms with E-state index in [0.29, 0.717) is 0 Å². The minimum atomic E-state index is -1.21. The summed E-state index contributed by atoms with van der Waals surface area (Å²) < 4.78 is 9.53. The first-order valence-corrected chi connectivity index (χ1v) is 17.1. The van der Waals surface area contributed by atoms with E-state index in [2.05, 4.69) is 26.4 Å². The van der Waals surface area contributed by atoms with Crippen molar-refractivity contribution in [2.45, 2.75) is 78.7 Å². The highest BCUT2D eigenvalue weighted by molar-refractivity contribution is 7.13. The Labute approximate surface area is 298 Å². The van der Waals surface area contributed by atoms with Crippen molar-refractivity contribution in [1.29, 1.82) is 0 Å². The average Bonchev–Trinajstić information content (AvgIpc) is 3.60. The van der Waals surface area contributed by atoms with Crippen molar-refractivity contribution in [3.63, 3.8) is 0 Å². The fourth-order valence-electron chi connectivity index (χ4n) is 5.18. The van der Waals surface area contributed by atoms with Crippen molar-refractivity contribution >= 4 is 35.3 Å². The van der Waals surface area contributed by atoms with Crippen LogP contribution in [0.25, 0.3) is 10.6 Å². The number of hydrogen-bond donors (Lipinski definition) is 5. The zero-order valence-corrected chi connectivity index (χ0v) is 30.8. The van der Waals surface area contributed by atoms with Crippen molar-refractivity contribution in [2.24, 2.45) is 10.8 Å². The molecule has 4 atom stereocenters. The number of nitrogens with one attached hydrogen (secondary N) is 4. The number of amides is 4. The third-order valence-electron chi connectivity index (χ3n) is 7.92. The number of aliphatic hydroxyl groups is 1. The van der Waals surface area contributed by atoms with E-state index in [1.807, 2.05) is 80.7 Å². The van der Waals surface area contributed by atoms with Crippen molar-refractivity contribution < 1.29 is 33.8 Å². The predicted molar refractivity (Wildman–Crippen MR) is 192 cm³/mol. The maximum atomic E-state index is 13.8. The molecule has 0 aliphatic rings. The average molecular weight is 711 g/mol. The van der Waals surface area contributed by atoms with Gasteiger partial charge >= 0.3 is 12.2 Å². The second-order valence-corrected chi connectivity index (χ2v) is 15.0. The van der Waals surface area contributed by atoms with E-state index < -0.39 is 59.1 Å². The molecule has 1 heterocycles. The number of hydrazine groups is 1. The minimum Gasteiger partial charge on any atom is -0.453 e. The van der Waals surface area contributed by atoms with E-state index in [9.17, 15) is 24.3 Å². The number of nitrogens with zero attached hydrogens (tertiary/aromatic N) is 2. The number of alkyl carbamates (subject to hydrolysis) is 2. The Bertz CT molecular complexity index is 1540. The van der Waals surface area contributed by atoms with Gasteiger partial charge in [-0.2, -0.15) is 0 Å². The number of carbonyl (C=O) groups excluding carboxylic acids is 4. The summed E-state index contributed by atoms with van der Waals surface area (Å²) in [6.07, 6.45) is -0.746. The summed E-state index contributed by atoms with van der Waals surface area (Å²) in [5, 5.41) is 24.3. The van der Waals surface area contributed by atoms with Crippen molar-refractivity contribution in [1.82, 2.24) is 31.4 Å². The Kier molecular flexibility index (Phi) is 14.3. The van der Waals surface area contributed by atoms with E-state index in [0.717, 1.165) is 21.7 Å². The van der Waals surface area contributed by atoms with Gasteiger partial charge in [-0.05, 0) is 28.4 Å². The summed E-state index contributed by atoms with van der Waals surface area (Å²) in [6.45, 7) is 10.9. The Morgan fingerprint density at radius 1 is 0.800 bits per heavy atom. The molecule has 0 spiro atoms. The molecule has 0 bridgehead atoms. The Balaban J connectivity index is 1.94. The summed E-state index contributed by atoms with van der Waals surface area (Å²) in [7, 11) is 2.44. The molecule has 3 rings (SSSR count). The van der Waals surface area contributed by atoms with Gasteiger partial charge in [0.15, 0.2) is 0 Å². The molecule has 14 heteroatoms. The molecule has 272 valence electrons. The molecule has 0 saturated carbocycles. The van der Waals surface area contributed by atoms with E-state index in [-0.39, 0.29) is 19.5 Å². The Morgan fingerprint density at radius 3 is 1.86 bits per heavy atom. The summed E-state index contributed by atoms with van der Waals surface area (Å²) >= 11 is 1.52. The number of benzene rings is 2. The fraction of sp³-hybridized carbons (Fsp3) is 0.472. The van der Waals surface area contributed by atoms with Crippen LogP contribution in [-0.4, -0.2) is 84.1 Å². The highest BCUT2D eigenvalue weighted by Gasteiger charge is 2.37. The molecule has 2 aromatic carbocycles. The van der Waals surface area contributed by atoms with Crippen LogP contribution in [0, 0.1) is 10.8 Å². The van der Waals surface area contributed by atoms with Crippen LogP contribution in [-0.2, 0) is 32.0 Å². The quantitative estimate of drug-likeness (QED) is 0.153. The molecule has 1 aromatic heterocycles.